The molecule has 0 atom stereocenters. The number of carbonyl (C=O) groups is 2. The van der Waals surface area contributed by atoms with Crippen LogP contribution in [-0.4, -0.2) is 36.7 Å². The lowest BCUT2D eigenvalue weighted by molar-refractivity contribution is 0.0518. The summed E-state index contributed by atoms with van der Waals surface area (Å²) in [4.78, 5) is 22.8. The molecule has 0 saturated heterocycles. The highest BCUT2D eigenvalue weighted by Crippen LogP contribution is 2.18. The summed E-state index contributed by atoms with van der Waals surface area (Å²) in [6.45, 7) is 1.52. The number of primary sulfonamides is 1. The number of primary amides is 1. The zero-order chi connectivity index (χ0) is 14.1. The van der Waals surface area contributed by atoms with Gasteiger partial charge in [0.2, 0.25) is 0 Å². The van der Waals surface area contributed by atoms with Crippen LogP contribution in [0.15, 0.2) is 5.03 Å². The van der Waals surface area contributed by atoms with Crippen LogP contribution in [0.25, 0.3) is 0 Å². The Balaban J connectivity index is 3.62. The molecule has 0 aromatic carbocycles. The van der Waals surface area contributed by atoms with Gasteiger partial charge in [0.15, 0.2) is 10.7 Å². The van der Waals surface area contributed by atoms with E-state index in [0.717, 1.165) is 4.68 Å². The lowest BCUT2D eigenvalue weighted by Crippen LogP contribution is -2.22. The summed E-state index contributed by atoms with van der Waals surface area (Å²) in [6.07, 6.45) is 0. The van der Waals surface area contributed by atoms with Crippen LogP contribution in [0.1, 0.15) is 27.8 Å². The number of esters is 1. The van der Waals surface area contributed by atoms with Crippen molar-refractivity contribution in [1.29, 1.82) is 0 Å². The first-order chi connectivity index (χ1) is 8.20. The van der Waals surface area contributed by atoms with Crippen LogP contribution in [-0.2, 0) is 21.8 Å². The van der Waals surface area contributed by atoms with E-state index in [-0.39, 0.29) is 6.61 Å². The van der Waals surface area contributed by atoms with Crippen molar-refractivity contribution in [2.75, 3.05) is 6.61 Å². The molecule has 4 N–H and O–H groups in total. The topological polar surface area (TPSA) is 147 Å². The van der Waals surface area contributed by atoms with Crippen LogP contribution in [0.3, 0.4) is 0 Å². The van der Waals surface area contributed by atoms with E-state index in [4.69, 9.17) is 10.9 Å². The molecule has 0 bridgehead atoms. The minimum atomic E-state index is -4.25. The van der Waals surface area contributed by atoms with E-state index in [9.17, 15) is 18.0 Å². The third-order valence-electron chi connectivity index (χ3n) is 1.98. The number of hydrogen-bond donors (Lipinski definition) is 2. The first-order valence-corrected chi connectivity index (χ1v) is 6.31. The fourth-order valence-corrected chi connectivity index (χ4v) is 2.27. The molecule has 1 aromatic heterocycles. The van der Waals surface area contributed by atoms with Gasteiger partial charge in [-0.2, -0.15) is 5.10 Å². The number of aryl methyl sites for hydroxylation is 1. The Bertz CT molecular complexity index is 603. The molecule has 18 heavy (non-hydrogen) atoms. The molecule has 1 amide bonds. The highest BCUT2D eigenvalue weighted by atomic mass is 32.2. The normalized spacial score (nSPS) is 11.3. The van der Waals surface area contributed by atoms with Crippen molar-refractivity contribution in [2.45, 2.75) is 11.9 Å². The third kappa shape index (κ3) is 2.49. The molecular weight excluding hydrogens is 264 g/mol. The first-order valence-electron chi connectivity index (χ1n) is 4.76. The van der Waals surface area contributed by atoms with Crippen LogP contribution in [0.4, 0.5) is 0 Å². The van der Waals surface area contributed by atoms with Crippen molar-refractivity contribution in [3.63, 3.8) is 0 Å². The van der Waals surface area contributed by atoms with Crippen LogP contribution >= 0.6 is 0 Å². The van der Waals surface area contributed by atoms with Crippen molar-refractivity contribution in [3.8, 4) is 0 Å². The van der Waals surface area contributed by atoms with E-state index >= 15 is 0 Å². The van der Waals surface area contributed by atoms with Gasteiger partial charge in [-0.15, -0.1) is 0 Å². The second-order valence-corrected chi connectivity index (χ2v) is 4.76. The quantitative estimate of drug-likeness (QED) is 0.629. The molecule has 10 heteroatoms. The Morgan fingerprint density at radius 3 is 2.39 bits per heavy atom. The van der Waals surface area contributed by atoms with Gasteiger partial charge in [0.1, 0.15) is 5.56 Å². The van der Waals surface area contributed by atoms with Gasteiger partial charge in [-0.3, -0.25) is 9.48 Å². The third-order valence-corrected chi connectivity index (χ3v) is 2.98. The van der Waals surface area contributed by atoms with Crippen molar-refractivity contribution in [1.82, 2.24) is 9.78 Å². The molecule has 0 radical (unpaired) electrons. The van der Waals surface area contributed by atoms with Crippen molar-refractivity contribution in [2.24, 2.45) is 17.9 Å². The van der Waals surface area contributed by atoms with Crippen LogP contribution in [0, 0.1) is 0 Å². The van der Waals surface area contributed by atoms with E-state index in [0.29, 0.717) is 0 Å². The van der Waals surface area contributed by atoms with E-state index in [1.807, 2.05) is 0 Å². The Hall–Kier alpha value is -1.94. The average molecular weight is 276 g/mol. The number of sulfonamides is 1. The predicted molar refractivity (Wildman–Crippen MR) is 59.1 cm³/mol. The lowest BCUT2D eigenvalue weighted by atomic mass is 10.2. The van der Waals surface area contributed by atoms with Gasteiger partial charge in [-0.25, -0.2) is 18.4 Å². The van der Waals surface area contributed by atoms with E-state index < -0.39 is 38.2 Å². The number of nitrogens with two attached hydrogens (primary N) is 2. The van der Waals surface area contributed by atoms with Gasteiger partial charge in [0.25, 0.3) is 15.9 Å². The van der Waals surface area contributed by atoms with Crippen molar-refractivity contribution in [3.05, 3.63) is 11.3 Å². The van der Waals surface area contributed by atoms with Crippen molar-refractivity contribution < 1.29 is 22.7 Å². The molecule has 1 rings (SSSR count). The van der Waals surface area contributed by atoms with Gasteiger partial charge < -0.3 is 10.5 Å². The molecule has 0 aliphatic heterocycles. The summed E-state index contributed by atoms with van der Waals surface area (Å²) in [7, 11) is -3.03. The highest BCUT2D eigenvalue weighted by molar-refractivity contribution is 7.89. The second kappa shape index (κ2) is 4.74. The summed E-state index contributed by atoms with van der Waals surface area (Å²) in [5.41, 5.74) is 3.97. The van der Waals surface area contributed by atoms with E-state index in [1.54, 1.807) is 0 Å². The fraction of sp³-hybridized carbons (Fsp3) is 0.375. The maximum Gasteiger partial charge on any atom is 0.343 e. The van der Waals surface area contributed by atoms with Gasteiger partial charge in [0, 0.05) is 7.05 Å². The van der Waals surface area contributed by atoms with Crippen LogP contribution < -0.4 is 10.9 Å². The lowest BCUT2D eigenvalue weighted by Gasteiger charge is -2.03. The Kier molecular flexibility index (Phi) is 3.72. The summed E-state index contributed by atoms with van der Waals surface area (Å²) in [5, 5.41) is 7.90. The van der Waals surface area contributed by atoms with Crippen LogP contribution in [0.5, 0.6) is 0 Å². The number of rotatable bonds is 4. The average Bonchev–Trinajstić information content (AvgIpc) is 2.55. The fourth-order valence-electron chi connectivity index (χ4n) is 1.39. The van der Waals surface area contributed by atoms with Gasteiger partial charge in [0.05, 0.1) is 6.61 Å². The SMILES string of the molecule is CCOC(=O)c1c(C(N)=O)nn(C)c1S(N)(=O)=O. The van der Waals surface area contributed by atoms with Gasteiger partial charge in [-0.1, -0.05) is 0 Å². The van der Waals surface area contributed by atoms with E-state index in [1.165, 1.54) is 14.0 Å². The highest BCUT2D eigenvalue weighted by Gasteiger charge is 2.32. The maximum absolute atomic E-state index is 11.6. The molecule has 0 saturated carbocycles. The zero-order valence-electron chi connectivity index (χ0n) is 9.71. The maximum atomic E-state index is 11.6. The number of amides is 1. The molecule has 0 unspecified atom stereocenters. The number of ether oxygens (including phenoxy) is 1. The Morgan fingerprint density at radius 1 is 1.44 bits per heavy atom. The largest absolute Gasteiger partial charge is 0.462 e. The number of carbonyl (C=O) groups excluding carboxylic acids is 2. The number of hydrogen-bond acceptors (Lipinski definition) is 6. The summed E-state index contributed by atoms with van der Waals surface area (Å²) >= 11 is 0. The van der Waals surface area contributed by atoms with Crippen molar-refractivity contribution >= 4 is 21.9 Å². The van der Waals surface area contributed by atoms with Crippen LogP contribution in [0.2, 0.25) is 0 Å². The molecule has 1 aromatic rings. The molecule has 1 heterocycles. The Morgan fingerprint density at radius 2 is 2.00 bits per heavy atom. The monoisotopic (exact) mass is 276 g/mol. The van der Waals surface area contributed by atoms with Gasteiger partial charge >= 0.3 is 5.97 Å². The van der Waals surface area contributed by atoms with Gasteiger partial charge in [-0.05, 0) is 6.92 Å². The minimum absolute atomic E-state index is 0.00398. The molecule has 0 aliphatic carbocycles. The minimum Gasteiger partial charge on any atom is -0.462 e. The standard InChI is InChI=1S/C8H12N4O5S/c1-3-17-8(14)4-5(6(9)13)11-12(2)7(4)18(10,15)16/h3H2,1-2H3,(H2,9,13)(H2,10,15,16). The number of aromatic nitrogens is 2. The first kappa shape index (κ1) is 14.1. The predicted octanol–water partition coefficient (Wildman–Crippen LogP) is -1.66. The molecule has 100 valence electrons. The summed E-state index contributed by atoms with van der Waals surface area (Å²) in [6, 6.07) is 0. The molecule has 0 spiro atoms. The molecule has 0 aliphatic rings. The number of nitrogens with zero attached hydrogens (tertiary/aromatic N) is 2. The molecule has 9 nitrogen and oxygen atoms in total. The summed E-state index contributed by atoms with van der Waals surface area (Å²) < 4.78 is 28.2. The Labute approximate surface area is 103 Å². The molecule has 0 fully saturated rings. The molecular formula is C8H12N4O5S. The summed E-state index contributed by atoms with van der Waals surface area (Å²) in [5.74, 6) is -2.08. The van der Waals surface area contributed by atoms with E-state index in [2.05, 4.69) is 9.84 Å². The second-order valence-electron chi connectivity index (χ2n) is 3.28. The zero-order valence-corrected chi connectivity index (χ0v) is 10.5. The smallest absolute Gasteiger partial charge is 0.343 e.